The Morgan fingerprint density at radius 3 is 2.50 bits per heavy atom. The van der Waals surface area contributed by atoms with Crippen molar-refractivity contribution < 1.29 is 13.2 Å². The molecule has 3 N–H and O–H groups in total. The highest BCUT2D eigenvalue weighted by molar-refractivity contribution is 7.92. The molecule has 4 rings (SSSR count). The van der Waals surface area contributed by atoms with E-state index in [-0.39, 0.29) is 11.7 Å². The van der Waals surface area contributed by atoms with Crippen LogP contribution in [0.3, 0.4) is 0 Å². The topological polar surface area (TPSA) is 93.0 Å². The molecule has 0 spiro atoms. The van der Waals surface area contributed by atoms with E-state index in [0.717, 1.165) is 22.1 Å². The molecular formula is C22H24N2O3S. The zero-order valence-electron chi connectivity index (χ0n) is 16.0. The molecule has 1 saturated heterocycles. The summed E-state index contributed by atoms with van der Waals surface area (Å²) in [4.78, 5) is 15.3. The fourth-order valence-corrected chi connectivity index (χ4v) is 5.85. The van der Waals surface area contributed by atoms with Gasteiger partial charge in [0.25, 0.3) is 5.91 Å². The van der Waals surface area contributed by atoms with Crippen LogP contribution in [0.5, 0.6) is 0 Å². The first kappa shape index (κ1) is 18.7. The second-order valence-electron chi connectivity index (χ2n) is 8.19. The Hall–Kier alpha value is -2.60. The van der Waals surface area contributed by atoms with Crippen molar-refractivity contribution in [2.75, 3.05) is 5.75 Å². The van der Waals surface area contributed by atoms with Gasteiger partial charge in [0.2, 0.25) is 0 Å². The number of rotatable bonds is 3. The summed E-state index contributed by atoms with van der Waals surface area (Å²) in [5.74, 6) is -0.194. The molecule has 146 valence electrons. The first-order valence-electron chi connectivity index (χ1n) is 9.42. The SMILES string of the molecule is CC1(C)CC(c2c[nH]c3c(C(N)=O)cc(-c4ccccc4)cc23)CCS1(=O)=O. The molecule has 6 heteroatoms. The predicted molar refractivity (Wildman–Crippen MR) is 112 cm³/mol. The van der Waals surface area contributed by atoms with Crippen molar-refractivity contribution in [3.05, 3.63) is 59.8 Å². The van der Waals surface area contributed by atoms with Crippen molar-refractivity contribution in [2.45, 2.75) is 37.4 Å². The zero-order valence-corrected chi connectivity index (χ0v) is 16.8. The lowest BCUT2D eigenvalue weighted by molar-refractivity contribution is 0.100. The second-order valence-corrected chi connectivity index (χ2v) is 10.9. The van der Waals surface area contributed by atoms with E-state index in [9.17, 15) is 13.2 Å². The number of fused-ring (bicyclic) bond motifs is 1. The largest absolute Gasteiger partial charge is 0.366 e. The lowest BCUT2D eigenvalue weighted by atomic mass is 9.86. The Labute approximate surface area is 164 Å². The van der Waals surface area contributed by atoms with Crippen molar-refractivity contribution in [1.82, 2.24) is 4.98 Å². The molecule has 0 saturated carbocycles. The smallest absolute Gasteiger partial charge is 0.250 e. The number of H-pyrrole nitrogens is 1. The van der Waals surface area contributed by atoms with E-state index in [4.69, 9.17) is 5.73 Å². The van der Waals surface area contributed by atoms with E-state index in [1.54, 1.807) is 13.8 Å². The molecule has 1 amide bonds. The van der Waals surface area contributed by atoms with E-state index in [0.29, 0.717) is 23.9 Å². The molecule has 5 nitrogen and oxygen atoms in total. The summed E-state index contributed by atoms with van der Waals surface area (Å²) in [5, 5.41) is 0.940. The molecular weight excluding hydrogens is 372 g/mol. The van der Waals surface area contributed by atoms with Gasteiger partial charge in [-0.05, 0) is 61.4 Å². The van der Waals surface area contributed by atoms with Crippen LogP contribution >= 0.6 is 0 Å². The van der Waals surface area contributed by atoms with Crippen molar-refractivity contribution in [3.8, 4) is 11.1 Å². The Bertz CT molecular complexity index is 1160. The van der Waals surface area contributed by atoms with Gasteiger partial charge in [0.15, 0.2) is 9.84 Å². The van der Waals surface area contributed by atoms with Crippen molar-refractivity contribution >= 4 is 26.6 Å². The summed E-state index contributed by atoms with van der Waals surface area (Å²) in [5.41, 5.74) is 9.80. The number of carbonyl (C=O) groups excluding carboxylic acids is 1. The van der Waals surface area contributed by atoms with Crippen LogP contribution in [0.2, 0.25) is 0 Å². The number of aromatic amines is 1. The third-order valence-electron chi connectivity index (χ3n) is 5.95. The Kier molecular flexibility index (Phi) is 4.34. The van der Waals surface area contributed by atoms with Gasteiger partial charge in [0.05, 0.1) is 21.6 Å². The number of benzene rings is 2. The van der Waals surface area contributed by atoms with Gasteiger partial charge in [0.1, 0.15) is 0 Å². The number of primary amides is 1. The standard InChI is InChI=1S/C22H24N2O3S/c1-22(2)12-15(8-9-28(22,26)27)19-13-24-20-17(19)10-16(11-18(20)21(23)25)14-6-4-3-5-7-14/h3-7,10-11,13,15,24H,8-9,12H2,1-2H3,(H2,23,25). The van der Waals surface area contributed by atoms with Crippen LogP contribution in [0.4, 0.5) is 0 Å². The molecule has 2 aromatic carbocycles. The minimum Gasteiger partial charge on any atom is -0.366 e. The zero-order chi connectivity index (χ0) is 20.1. The number of aromatic nitrogens is 1. The highest BCUT2D eigenvalue weighted by Crippen LogP contribution is 2.42. The van der Waals surface area contributed by atoms with Gasteiger partial charge in [-0.1, -0.05) is 30.3 Å². The molecule has 0 radical (unpaired) electrons. The van der Waals surface area contributed by atoms with Gasteiger partial charge >= 0.3 is 0 Å². The molecule has 1 unspecified atom stereocenters. The number of hydrogen-bond donors (Lipinski definition) is 2. The van der Waals surface area contributed by atoms with Gasteiger partial charge in [0, 0.05) is 11.6 Å². The number of hydrogen-bond acceptors (Lipinski definition) is 3. The van der Waals surface area contributed by atoms with E-state index in [2.05, 4.69) is 11.1 Å². The lowest BCUT2D eigenvalue weighted by Gasteiger charge is -2.34. The van der Waals surface area contributed by atoms with Crippen molar-refractivity contribution in [3.63, 3.8) is 0 Å². The molecule has 3 aromatic rings. The Morgan fingerprint density at radius 1 is 1.14 bits per heavy atom. The molecule has 1 aromatic heterocycles. The third kappa shape index (κ3) is 3.02. The van der Waals surface area contributed by atoms with Crippen LogP contribution in [0, 0.1) is 0 Å². The van der Waals surface area contributed by atoms with Crippen LogP contribution in [0.25, 0.3) is 22.0 Å². The number of nitrogens with two attached hydrogens (primary N) is 1. The summed E-state index contributed by atoms with van der Waals surface area (Å²) < 4.78 is 24.0. The van der Waals surface area contributed by atoms with E-state index < -0.39 is 20.5 Å². The summed E-state index contributed by atoms with van der Waals surface area (Å²) in [7, 11) is -3.10. The molecule has 0 bridgehead atoms. The van der Waals surface area contributed by atoms with Gasteiger partial charge < -0.3 is 10.7 Å². The normalized spacial score (nSPS) is 20.9. The molecule has 0 aliphatic carbocycles. The van der Waals surface area contributed by atoms with Gasteiger partial charge in [-0.3, -0.25) is 4.79 Å². The van der Waals surface area contributed by atoms with Gasteiger partial charge in [-0.15, -0.1) is 0 Å². The predicted octanol–water partition coefficient (Wildman–Crippen LogP) is 4.00. The Morgan fingerprint density at radius 2 is 1.86 bits per heavy atom. The lowest BCUT2D eigenvalue weighted by Crippen LogP contribution is -2.40. The minimum atomic E-state index is -3.10. The average molecular weight is 397 g/mol. The van der Waals surface area contributed by atoms with Crippen LogP contribution in [-0.2, 0) is 9.84 Å². The maximum Gasteiger partial charge on any atom is 0.250 e. The van der Waals surface area contributed by atoms with Crippen LogP contribution in [0.1, 0.15) is 48.5 Å². The summed E-state index contributed by atoms with van der Waals surface area (Å²) >= 11 is 0. The molecule has 1 atom stereocenters. The third-order valence-corrected chi connectivity index (χ3v) is 8.57. The quantitative estimate of drug-likeness (QED) is 0.701. The first-order valence-corrected chi connectivity index (χ1v) is 11.1. The number of nitrogens with one attached hydrogen (secondary N) is 1. The summed E-state index contributed by atoms with van der Waals surface area (Å²) in [6.45, 7) is 3.60. The molecule has 1 fully saturated rings. The van der Waals surface area contributed by atoms with E-state index in [1.807, 2.05) is 42.6 Å². The second kappa shape index (κ2) is 6.48. The maximum absolute atomic E-state index is 12.4. The highest BCUT2D eigenvalue weighted by atomic mass is 32.2. The van der Waals surface area contributed by atoms with E-state index >= 15 is 0 Å². The van der Waals surface area contributed by atoms with Gasteiger partial charge in [-0.25, -0.2) is 8.42 Å². The fraction of sp³-hybridized carbons (Fsp3) is 0.318. The summed E-state index contributed by atoms with van der Waals surface area (Å²) in [6.07, 6.45) is 3.05. The van der Waals surface area contributed by atoms with Crippen molar-refractivity contribution in [2.24, 2.45) is 5.73 Å². The molecule has 1 aliphatic heterocycles. The van der Waals surface area contributed by atoms with Crippen LogP contribution < -0.4 is 5.73 Å². The number of sulfone groups is 1. The monoisotopic (exact) mass is 396 g/mol. The fourth-order valence-electron chi connectivity index (χ4n) is 4.24. The minimum absolute atomic E-state index is 0.110. The molecule has 28 heavy (non-hydrogen) atoms. The van der Waals surface area contributed by atoms with E-state index in [1.165, 1.54) is 0 Å². The first-order chi connectivity index (χ1) is 13.2. The van der Waals surface area contributed by atoms with Crippen LogP contribution in [-0.4, -0.2) is 29.8 Å². The highest BCUT2D eigenvalue weighted by Gasteiger charge is 2.41. The molecule has 1 aliphatic rings. The maximum atomic E-state index is 12.4. The van der Waals surface area contributed by atoms with Gasteiger partial charge in [-0.2, -0.15) is 0 Å². The van der Waals surface area contributed by atoms with Crippen LogP contribution in [0.15, 0.2) is 48.7 Å². The number of amides is 1. The summed E-state index contributed by atoms with van der Waals surface area (Å²) in [6, 6.07) is 13.7. The Balaban J connectivity index is 1.87. The van der Waals surface area contributed by atoms with Crippen molar-refractivity contribution in [1.29, 1.82) is 0 Å². The number of carbonyl (C=O) groups is 1. The molecule has 2 heterocycles. The average Bonchev–Trinajstić information content (AvgIpc) is 3.07.